The Labute approximate surface area is 104 Å². The average Bonchev–Trinajstić information content (AvgIpc) is 2.37. The monoisotopic (exact) mass is 246 g/mol. The van der Waals surface area contributed by atoms with Gasteiger partial charge in [-0.05, 0) is 25.1 Å². The normalized spacial score (nSPS) is 10.5. The first kappa shape index (κ1) is 12.2. The smallest absolute Gasteiger partial charge is 0.258 e. The summed E-state index contributed by atoms with van der Waals surface area (Å²) < 4.78 is 6.90. The average molecular weight is 246 g/mol. The van der Waals surface area contributed by atoms with Gasteiger partial charge in [0.15, 0.2) is 6.61 Å². The molecule has 0 spiro atoms. The van der Waals surface area contributed by atoms with Crippen molar-refractivity contribution in [2.75, 3.05) is 6.61 Å². The maximum Gasteiger partial charge on any atom is 0.258 e. The van der Waals surface area contributed by atoms with E-state index in [-0.39, 0.29) is 12.2 Å². The molecule has 94 valence electrons. The van der Waals surface area contributed by atoms with Crippen molar-refractivity contribution in [3.8, 4) is 5.75 Å². The van der Waals surface area contributed by atoms with Crippen LogP contribution in [0.4, 0.5) is 0 Å². The van der Waals surface area contributed by atoms with Crippen molar-refractivity contribution in [3.63, 3.8) is 0 Å². The number of benzene rings is 1. The van der Waals surface area contributed by atoms with Crippen LogP contribution in [0.2, 0.25) is 0 Å². The Morgan fingerprint density at radius 1 is 1.33 bits per heavy atom. The lowest BCUT2D eigenvalue weighted by Gasteiger charge is -2.09. The summed E-state index contributed by atoms with van der Waals surface area (Å²) in [6.07, 6.45) is 1.71. The number of primary amides is 1. The van der Waals surface area contributed by atoms with Crippen molar-refractivity contribution < 1.29 is 9.53 Å². The fourth-order valence-corrected chi connectivity index (χ4v) is 1.81. The molecule has 0 saturated heterocycles. The highest BCUT2D eigenvalue weighted by Crippen LogP contribution is 2.22. The Kier molecular flexibility index (Phi) is 3.32. The highest BCUT2D eigenvalue weighted by atomic mass is 16.5. The standard InChI is InChI=1S/C13H14N2O3/c1-2-15-7-6-9-10(13(15)17)4-3-5-11(9)18-8-12(14)16/h3-7H,2,8H2,1H3,(H2,14,16). The van der Waals surface area contributed by atoms with Crippen molar-refractivity contribution in [1.29, 1.82) is 0 Å². The summed E-state index contributed by atoms with van der Waals surface area (Å²) in [5.41, 5.74) is 4.96. The van der Waals surface area contributed by atoms with Crippen molar-refractivity contribution >= 4 is 16.7 Å². The fraction of sp³-hybridized carbons (Fsp3) is 0.231. The predicted octanol–water partition coefficient (Wildman–Crippen LogP) is 0.886. The third-order valence-corrected chi connectivity index (χ3v) is 2.69. The molecule has 0 saturated carbocycles. The van der Waals surface area contributed by atoms with E-state index >= 15 is 0 Å². The van der Waals surface area contributed by atoms with Crippen LogP contribution in [0.25, 0.3) is 10.8 Å². The zero-order valence-corrected chi connectivity index (χ0v) is 10.1. The van der Waals surface area contributed by atoms with Gasteiger partial charge >= 0.3 is 0 Å². The van der Waals surface area contributed by atoms with Crippen LogP contribution in [0.1, 0.15) is 6.92 Å². The highest BCUT2D eigenvalue weighted by Gasteiger charge is 2.07. The van der Waals surface area contributed by atoms with Crippen LogP contribution in [-0.2, 0) is 11.3 Å². The van der Waals surface area contributed by atoms with Crippen molar-refractivity contribution in [1.82, 2.24) is 4.57 Å². The fourth-order valence-electron chi connectivity index (χ4n) is 1.81. The SMILES string of the molecule is CCn1ccc2c(OCC(N)=O)cccc2c1=O. The minimum absolute atomic E-state index is 0.0699. The molecule has 0 radical (unpaired) electrons. The van der Waals surface area contributed by atoms with Crippen LogP contribution >= 0.6 is 0 Å². The number of hydrogen-bond donors (Lipinski definition) is 1. The van der Waals surface area contributed by atoms with Gasteiger partial charge in [-0.15, -0.1) is 0 Å². The molecule has 5 nitrogen and oxygen atoms in total. The molecular formula is C13H14N2O3. The van der Waals surface area contributed by atoms with Crippen LogP contribution < -0.4 is 16.0 Å². The number of hydrogen-bond acceptors (Lipinski definition) is 3. The predicted molar refractivity (Wildman–Crippen MR) is 68.6 cm³/mol. The second-order valence-corrected chi connectivity index (χ2v) is 3.88. The molecule has 0 bridgehead atoms. The van der Waals surface area contributed by atoms with Gasteiger partial charge in [-0.2, -0.15) is 0 Å². The van der Waals surface area contributed by atoms with Crippen molar-refractivity contribution in [2.45, 2.75) is 13.5 Å². The summed E-state index contributed by atoms with van der Waals surface area (Å²) in [5.74, 6) is -0.0550. The van der Waals surface area contributed by atoms with Gasteiger partial charge < -0.3 is 15.0 Å². The lowest BCUT2D eigenvalue weighted by atomic mass is 10.1. The minimum atomic E-state index is -0.547. The lowest BCUT2D eigenvalue weighted by molar-refractivity contribution is -0.119. The molecule has 0 aliphatic heterocycles. The molecule has 5 heteroatoms. The van der Waals surface area contributed by atoms with Gasteiger partial charge in [0.25, 0.3) is 11.5 Å². The van der Waals surface area contributed by atoms with E-state index in [0.717, 1.165) is 0 Å². The maximum absolute atomic E-state index is 12.1. The number of carbonyl (C=O) groups is 1. The molecule has 0 fully saturated rings. The maximum atomic E-state index is 12.1. The quantitative estimate of drug-likeness (QED) is 0.870. The molecule has 2 rings (SSSR count). The molecule has 0 atom stereocenters. The van der Waals surface area contributed by atoms with Gasteiger partial charge in [-0.25, -0.2) is 0 Å². The molecular weight excluding hydrogens is 232 g/mol. The van der Waals surface area contributed by atoms with Gasteiger partial charge in [0, 0.05) is 18.1 Å². The molecule has 0 unspecified atom stereocenters. The summed E-state index contributed by atoms with van der Waals surface area (Å²) in [6.45, 7) is 2.32. The minimum Gasteiger partial charge on any atom is -0.483 e. The third kappa shape index (κ3) is 2.20. The van der Waals surface area contributed by atoms with Crippen LogP contribution in [0.15, 0.2) is 35.3 Å². The number of rotatable bonds is 4. The molecule has 1 heterocycles. The van der Waals surface area contributed by atoms with Gasteiger partial charge in [-0.3, -0.25) is 9.59 Å². The number of amides is 1. The highest BCUT2D eigenvalue weighted by molar-refractivity contribution is 5.87. The van der Waals surface area contributed by atoms with E-state index in [9.17, 15) is 9.59 Å². The van der Waals surface area contributed by atoms with Crippen LogP contribution in [0, 0.1) is 0 Å². The molecule has 18 heavy (non-hydrogen) atoms. The number of aryl methyl sites for hydroxylation is 1. The molecule has 1 aromatic carbocycles. The molecule has 2 aromatic rings. The summed E-state index contributed by atoms with van der Waals surface area (Å²) in [5, 5.41) is 1.26. The molecule has 0 aliphatic rings. The van der Waals surface area contributed by atoms with E-state index in [0.29, 0.717) is 23.1 Å². The van der Waals surface area contributed by atoms with Crippen LogP contribution in [0.3, 0.4) is 0 Å². The third-order valence-electron chi connectivity index (χ3n) is 2.69. The number of ether oxygens (including phenoxy) is 1. The molecule has 1 amide bonds. The van der Waals surface area contributed by atoms with E-state index < -0.39 is 5.91 Å². The number of nitrogens with zero attached hydrogens (tertiary/aromatic N) is 1. The van der Waals surface area contributed by atoms with Gasteiger partial charge in [0.05, 0.1) is 5.39 Å². The van der Waals surface area contributed by atoms with E-state index in [1.807, 2.05) is 6.92 Å². The topological polar surface area (TPSA) is 74.3 Å². The largest absolute Gasteiger partial charge is 0.483 e. The Morgan fingerprint density at radius 2 is 2.11 bits per heavy atom. The Morgan fingerprint density at radius 3 is 2.78 bits per heavy atom. The van der Waals surface area contributed by atoms with E-state index in [4.69, 9.17) is 10.5 Å². The first-order chi connectivity index (χ1) is 8.63. The second-order valence-electron chi connectivity index (χ2n) is 3.88. The Bertz CT molecular complexity index is 646. The van der Waals surface area contributed by atoms with E-state index in [2.05, 4.69) is 0 Å². The number of aromatic nitrogens is 1. The number of carbonyl (C=O) groups excluding carboxylic acids is 1. The van der Waals surface area contributed by atoms with Gasteiger partial charge in [-0.1, -0.05) is 6.07 Å². The number of nitrogens with two attached hydrogens (primary N) is 1. The zero-order chi connectivity index (χ0) is 13.1. The summed E-state index contributed by atoms with van der Waals surface area (Å²) >= 11 is 0. The Hall–Kier alpha value is -2.30. The Balaban J connectivity index is 2.54. The van der Waals surface area contributed by atoms with E-state index in [1.165, 1.54) is 0 Å². The summed E-state index contributed by atoms with van der Waals surface area (Å²) in [7, 11) is 0. The molecule has 0 aliphatic carbocycles. The van der Waals surface area contributed by atoms with Crippen molar-refractivity contribution in [2.24, 2.45) is 5.73 Å². The number of fused-ring (bicyclic) bond motifs is 1. The molecule has 1 aromatic heterocycles. The first-order valence-corrected chi connectivity index (χ1v) is 5.66. The summed E-state index contributed by atoms with van der Waals surface area (Å²) in [6, 6.07) is 6.97. The first-order valence-electron chi connectivity index (χ1n) is 5.66. The van der Waals surface area contributed by atoms with Crippen molar-refractivity contribution in [3.05, 3.63) is 40.8 Å². The van der Waals surface area contributed by atoms with Gasteiger partial charge in [0.2, 0.25) is 0 Å². The molecule has 2 N–H and O–H groups in total. The van der Waals surface area contributed by atoms with Gasteiger partial charge in [0.1, 0.15) is 5.75 Å². The van der Waals surface area contributed by atoms with Crippen LogP contribution in [-0.4, -0.2) is 17.1 Å². The second kappa shape index (κ2) is 4.91. The van der Waals surface area contributed by atoms with Crippen LogP contribution in [0.5, 0.6) is 5.75 Å². The zero-order valence-electron chi connectivity index (χ0n) is 10.1. The van der Waals surface area contributed by atoms with E-state index in [1.54, 1.807) is 35.0 Å². The number of pyridine rings is 1. The summed E-state index contributed by atoms with van der Waals surface area (Å²) in [4.78, 5) is 22.8. The lowest BCUT2D eigenvalue weighted by Crippen LogP contribution is -2.21.